The summed E-state index contributed by atoms with van der Waals surface area (Å²) in [6.45, 7) is 3.22. The highest BCUT2D eigenvalue weighted by Gasteiger charge is 2.48. The van der Waals surface area contributed by atoms with E-state index in [4.69, 9.17) is 9.47 Å². The van der Waals surface area contributed by atoms with E-state index in [-0.39, 0.29) is 6.42 Å². The topological polar surface area (TPSA) is 212 Å². The molecule has 1 aliphatic heterocycles. The number of allylic oxidation sites excluding steroid dienone is 5. The summed E-state index contributed by atoms with van der Waals surface area (Å²) in [5.74, 6) is -0.714. The van der Waals surface area contributed by atoms with E-state index in [2.05, 4.69) is 47.7 Å². The Labute approximate surface area is 395 Å². The maximum Gasteiger partial charge on any atom is 0.397 e. The van der Waals surface area contributed by atoms with Crippen LogP contribution in [-0.4, -0.2) is 107 Å². The Balaban J connectivity index is 2.55. The van der Waals surface area contributed by atoms with E-state index < -0.39 is 78.5 Å². The number of unbranched alkanes of at least 4 members (excludes halogenated alkanes) is 27. The lowest BCUT2D eigenvalue weighted by Crippen LogP contribution is -2.61. The molecule has 382 valence electrons. The van der Waals surface area contributed by atoms with Gasteiger partial charge in [-0.25, -0.2) is 4.18 Å². The van der Waals surface area contributed by atoms with Crippen LogP contribution in [0.1, 0.15) is 219 Å². The van der Waals surface area contributed by atoms with Crippen molar-refractivity contribution < 1.29 is 57.0 Å². The van der Waals surface area contributed by atoms with Crippen molar-refractivity contribution in [2.24, 2.45) is 0 Å². The van der Waals surface area contributed by atoms with Crippen LogP contribution in [0, 0.1) is 0 Å². The first-order valence-corrected chi connectivity index (χ1v) is 27.3. The van der Waals surface area contributed by atoms with E-state index in [0.717, 1.165) is 44.9 Å². The molecule has 1 amide bonds. The van der Waals surface area contributed by atoms with Crippen molar-refractivity contribution in [2.45, 2.75) is 268 Å². The normalized spacial score (nSPS) is 20.9. The monoisotopic (exact) mass is 946 g/mol. The molecule has 0 aromatic heterocycles. The molecule has 0 aromatic rings. The van der Waals surface area contributed by atoms with Crippen LogP contribution in [0.4, 0.5) is 0 Å². The molecule has 8 atom stereocenters. The third-order valence-corrected chi connectivity index (χ3v) is 12.7. The van der Waals surface area contributed by atoms with Gasteiger partial charge in [-0.2, -0.15) is 8.42 Å². The van der Waals surface area contributed by atoms with Crippen molar-refractivity contribution in [2.75, 3.05) is 13.2 Å². The zero-order chi connectivity index (χ0) is 47.8. The average molecular weight is 946 g/mol. The molecule has 0 bridgehead atoms. The largest absolute Gasteiger partial charge is 0.397 e. The van der Waals surface area contributed by atoms with Crippen molar-refractivity contribution >= 4 is 16.3 Å². The lowest BCUT2D eigenvalue weighted by molar-refractivity contribution is -0.298. The van der Waals surface area contributed by atoms with Gasteiger partial charge in [0, 0.05) is 0 Å². The first-order valence-electron chi connectivity index (χ1n) is 26.0. The molecular formula is C51H95NO12S. The number of nitrogens with one attached hydrogen (secondary N) is 1. The summed E-state index contributed by atoms with van der Waals surface area (Å²) in [7, 11) is -5.13. The molecule has 0 spiro atoms. The van der Waals surface area contributed by atoms with Crippen LogP contribution in [0.5, 0.6) is 0 Å². The number of aliphatic hydroxyl groups excluding tert-OH is 5. The van der Waals surface area contributed by atoms with Crippen molar-refractivity contribution in [1.29, 1.82) is 0 Å². The van der Waals surface area contributed by atoms with Gasteiger partial charge in [-0.3, -0.25) is 9.35 Å². The van der Waals surface area contributed by atoms with E-state index >= 15 is 0 Å². The van der Waals surface area contributed by atoms with Crippen LogP contribution >= 0.6 is 0 Å². The molecule has 13 nitrogen and oxygen atoms in total. The van der Waals surface area contributed by atoms with Crippen LogP contribution in [0.2, 0.25) is 0 Å². The van der Waals surface area contributed by atoms with Crippen LogP contribution in [0.15, 0.2) is 36.5 Å². The van der Waals surface area contributed by atoms with Gasteiger partial charge in [-0.15, -0.1) is 0 Å². The molecule has 65 heavy (non-hydrogen) atoms. The van der Waals surface area contributed by atoms with Crippen molar-refractivity contribution in [3.63, 3.8) is 0 Å². The Morgan fingerprint density at radius 1 is 0.615 bits per heavy atom. The number of amides is 1. The minimum atomic E-state index is -5.13. The van der Waals surface area contributed by atoms with Gasteiger partial charge in [-0.05, 0) is 44.9 Å². The predicted octanol–water partition coefficient (Wildman–Crippen LogP) is 10.0. The van der Waals surface area contributed by atoms with Gasteiger partial charge in [0.25, 0.3) is 0 Å². The first-order chi connectivity index (χ1) is 31.4. The Kier molecular flexibility index (Phi) is 38.9. The number of hydrogen-bond acceptors (Lipinski definition) is 11. The van der Waals surface area contributed by atoms with E-state index in [1.165, 1.54) is 147 Å². The van der Waals surface area contributed by atoms with Gasteiger partial charge >= 0.3 is 10.4 Å². The van der Waals surface area contributed by atoms with E-state index in [1.807, 2.05) is 0 Å². The van der Waals surface area contributed by atoms with Crippen LogP contribution in [-0.2, 0) is 28.9 Å². The number of hydrogen-bond donors (Lipinski definition) is 7. The number of ether oxygens (including phenoxy) is 2. The molecule has 0 aliphatic carbocycles. The van der Waals surface area contributed by atoms with Gasteiger partial charge in [0.1, 0.15) is 30.5 Å². The fraction of sp³-hybridized carbons (Fsp3) is 0.863. The summed E-state index contributed by atoms with van der Waals surface area (Å²) in [6, 6.07) is -1.14. The fourth-order valence-corrected chi connectivity index (χ4v) is 8.65. The zero-order valence-electron chi connectivity index (χ0n) is 40.7. The molecule has 1 fully saturated rings. The fourth-order valence-electron chi connectivity index (χ4n) is 8.14. The van der Waals surface area contributed by atoms with Crippen molar-refractivity contribution in [1.82, 2.24) is 5.32 Å². The number of carbonyl (C=O) groups is 1. The smallest absolute Gasteiger partial charge is 0.394 e. The SMILES string of the molecule is CCCCCCCCCCC/C=C/CC/C=C/CC/C=C/C(O)C(COC1OC(CO)C(O)C(OS(=O)(=O)O)C1O)NC(=O)C(O)CCCCCCCCCCCCCCCCCCC. The summed E-state index contributed by atoms with van der Waals surface area (Å²) in [5, 5.41) is 55.3. The van der Waals surface area contributed by atoms with Gasteiger partial charge in [0.15, 0.2) is 6.29 Å². The number of rotatable bonds is 44. The highest BCUT2D eigenvalue weighted by Crippen LogP contribution is 2.26. The highest BCUT2D eigenvalue weighted by atomic mass is 32.3. The first kappa shape index (κ1) is 61.3. The molecule has 0 radical (unpaired) electrons. The molecule has 8 unspecified atom stereocenters. The Morgan fingerprint density at radius 3 is 1.48 bits per heavy atom. The molecule has 1 rings (SSSR count). The second kappa shape index (κ2) is 41.3. The molecule has 0 saturated carbocycles. The van der Waals surface area contributed by atoms with Gasteiger partial charge in [0.2, 0.25) is 5.91 Å². The molecule has 14 heteroatoms. The van der Waals surface area contributed by atoms with Gasteiger partial charge in [-0.1, -0.05) is 211 Å². The third-order valence-electron chi connectivity index (χ3n) is 12.3. The highest BCUT2D eigenvalue weighted by molar-refractivity contribution is 7.80. The summed E-state index contributed by atoms with van der Waals surface area (Å²) in [4.78, 5) is 13.1. The Hall–Kier alpha value is -1.72. The lowest BCUT2D eigenvalue weighted by atomic mass is 9.99. The predicted molar refractivity (Wildman–Crippen MR) is 261 cm³/mol. The maximum absolute atomic E-state index is 13.1. The summed E-state index contributed by atoms with van der Waals surface area (Å²) >= 11 is 0. The summed E-state index contributed by atoms with van der Waals surface area (Å²) < 4.78 is 47.6. The second-order valence-electron chi connectivity index (χ2n) is 18.2. The summed E-state index contributed by atoms with van der Waals surface area (Å²) in [6.07, 6.45) is 37.9. The molecule has 1 saturated heterocycles. The Bertz CT molecular complexity index is 1310. The second-order valence-corrected chi connectivity index (χ2v) is 19.3. The van der Waals surface area contributed by atoms with Crippen LogP contribution < -0.4 is 5.32 Å². The van der Waals surface area contributed by atoms with Crippen LogP contribution in [0.3, 0.4) is 0 Å². The molecule has 7 N–H and O–H groups in total. The lowest BCUT2D eigenvalue weighted by Gasteiger charge is -2.41. The zero-order valence-corrected chi connectivity index (χ0v) is 41.5. The van der Waals surface area contributed by atoms with Crippen LogP contribution in [0.25, 0.3) is 0 Å². The number of carbonyl (C=O) groups excluding carboxylic acids is 1. The van der Waals surface area contributed by atoms with Crippen molar-refractivity contribution in [3.05, 3.63) is 36.5 Å². The average Bonchev–Trinajstić information content (AvgIpc) is 3.28. The molecule has 1 heterocycles. The maximum atomic E-state index is 13.1. The van der Waals surface area contributed by atoms with Gasteiger partial charge < -0.3 is 40.3 Å². The Morgan fingerprint density at radius 2 is 1.03 bits per heavy atom. The standard InChI is InChI=1S/C51H95NO12S/c1-3-5-7-9-11-13-15-17-19-21-22-24-25-27-29-31-33-35-37-39-44(54)43(42-62-51-48(57)49(64-65(59,60)61)47(56)46(41-53)63-51)52-50(58)45(55)40-38-36-34-32-30-28-26-23-20-18-16-14-12-10-8-6-4-2/h22,24,29,31,37,39,43-49,51,53-57H,3-21,23,25-28,30,32-36,38,40-42H2,1-2H3,(H,52,58)(H,59,60,61)/b24-22+,31-29+,39-37+. The third kappa shape index (κ3) is 33.4. The molecule has 0 aromatic carbocycles. The van der Waals surface area contributed by atoms with E-state index in [9.17, 15) is 43.3 Å². The number of aliphatic hydroxyl groups is 5. The molecule has 1 aliphatic rings. The van der Waals surface area contributed by atoms with Gasteiger partial charge in [0.05, 0.1) is 25.4 Å². The minimum absolute atomic E-state index is 0.237. The summed E-state index contributed by atoms with van der Waals surface area (Å²) in [5.41, 5.74) is 0. The quantitative estimate of drug-likeness (QED) is 0.0173. The van der Waals surface area contributed by atoms with E-state index in [0.29, 0.717) is 12.8 Å². The van der Waals surface area contributed by atoms with E-state index in [1.54, 1.807) is 6.08 Å². The van der Waals surface area contributed by atoms with Crippen molar-refractivity contribution in [3.8, 4) is 0 Å². The minimum Gasteiger partial charge on any atom is -0.394 e. The molecular weight excluding hydrogens is 851 g/mol.